The highest BCUT2D eigenvalue weighted by Gasteiger charge is 2.48. The first-order valence-corrected chi connectivity index (χ1v) is 13.5. The molecule has 40 heavy (non-hydrogen) atoms. The monoisotopic (exact) mass is 557 g/mol. The van der Waals surface area contributed by atoms with Gasteiger partial charge in [0.25, 0.3) is 24.9 Å². The number of piperazine rings is 1. The van der Waals surface area contributed by atoms with Gasteiger partial charge in [-0.3, -0.25) is 24.3 Å². The Balaban J connectivity index is 1.29. The average Bonchev–Trinajstić information content (AvgIpc) is 3.25. The quantitative estimate of drug-likeness (QED) is 0.476. The number of alkyl halides is 2. The van der Waals surface area contributed by atoms with Crippen molar-refractivity contribution < 1.29 is 27.9 Å². The lowest BCUT2D eigenvalue weighted by atomic mass is 10.1. The number of carbonyl (C=O) groups is 3. The minimum atomic E-state index is -3.02. The van der Waals surface area contributed by atoms with Crippen LogP contribution in [0.25, 0.3) is 15.7 Å². The van der Waals surface area contributed by atoms with Crippen molar-refractivity contribution in [3.8, 4) is 11.8 Å². The summed E-state index contributed by atoms with van der Waals surface area (Å²) < 4.78 is 33.7. The molecule has 10 nitrogen and oxygen atoms in total. The van der Waals surface area contributed by atoms with Gasteiger partial charge in [-0.1, -0.05) is 4.85 Å². The van der Waals surface area contributed by atoms with Crippen molar-refractivity contribution in [1.29, 1.82) is 0 Å². The molecule has 3 heterocycles. The summed E-state index contributed by atoms with van der Waals surface area (Å²) in [5, 5.41) is 3.11. The number of aromatic nitrogens is 1. The topological polar surface area (TPSA) is 99.4 Å². The number of rotatable bonds is 9. The van der Waals surface area contributed by atoms with Gasteiger partial charge in [0.2, 0.25) is 11.8 Å². The summed E-state index contributed by atoms with van der Waals surface area (Å²) in [5.41, 5.74) is 0.891. The highest BCUT2D eigenvalue weighted by molar-refractivity contribution is 6.07. The fraction of sp³-hybridized carbons (Fsp3) is 0.536. The van der Waals surface area contributed by atoms with Crippen molar-refractivity contribution in [2.24, 2.45) is 0 Å². The number of nitrogens with zero attached hydrogens (tertiary/aromatic N) is 5. The second-order valence-electron chi connectivity index (χ2n) is 10.1. The van der Waals surface area contributed by atoms with E-state index in [1.54, 1.807) is 31.2 Å². The molecule has 214 valence electrons. The van der Waals surface area contributed by atoms with Crippen LogP contribution in [0.1, 0.15) is 36.5 Å². The average molecular weight is 558 g/mol. The zero-order valence-electron chi connectivity index (χ0n) is 22.9. The molecule has 2 saturated heterocycles. The molecule has 1 aromatic heterocycles. The third-order valence-electron chi connectivity index (χ3n) is 7.18. The summed E-state index contributed by atoms with van der Waals surface area (Å²) >= 11 is 0. The van der Waals surface area contributed by atoms with Crippen molar-refractivity contribution >= 4 is 28.6 Å². The third kappa shape index (κ3) is 7.41. The van der Waals surface area contributed by atoms with Crippen LogP contribution < -0.4 is 10.1 Å². The Kier molecular flexibility index (Phi) is 9.47. The van der Waals surface area contributed by atoms with Crippen LogP contribution in [0.15, 0.2) is 30.5 Å². The molecule has 1 atom stereocenters. The lowest BCUT2D eigenvalue weighted by Crippen LogP contribution is -2.48. The van der Waals surface area contributed by atoms with Crippen molar-refractivity contribution in [1.82, 2.24) is 25.0 Å². The number of carbonyl (C=O) groups excluding carboxylic acids is 3. The van der Waals surface area contributed by atoms with Gasteiger partial charge in [0, 0.05) is 44.7 Å². The maximum absolute atomic E-state index is 13.9. The van der Waals surface area contributed by atoms with Gasteiger partial charge in [0.15, 0.2) is 6.04 Å². The highest BCUT2D eigenvalue weighted by Crippen LogP contribution is 2.31. The molecular weight excluding hydrogens is 522 g/mol. The Labute approximate surface area is 232 Å². The molecule has 0 aliphatic carbocycles. The normalized spacial score (nSPS) is 18.8. The number of pyridine rings is 1. The van der Waals surface area contributed by atoms with Crippen LogP contribution in [0, 0.1) is 6.07 Å². The summed E-state index contributed by atoms with van der Waals surface area (Å²) in [5.74, 6) is -3.45. The molecule has 12 heteroatoms. The number of hydrogen-bond donors (Lipinski definition) is 1. The van der Waals surface area contributed by atoms with Crippen molar-refractivity contribution in [2.75, 3.05) is 59.5 Å². The van der Waals surface area contributed by atoms with Crippen molar-refractivity contribution in [3.05, 3.63) is 40.9 Å². The van der Waals surface area contributed by atoms with Gasteiger partial charge in [0.05, 0.1) is 37.2 Å². The minimum Gasteiger partial charge on any atom is -0.494 e. The van der Waals surface area contributed by atoms with Gasteiger partial charge in [-0.25, -0.2) is 8.78 Å². The van der Waals surface area contributed by atoms with E-state index in [9.17, 15) is 23.2 Å². The summed E-state index contributed by atoms with van der Waals surface area (Å²) in [6.45, 7) is 5.18. The molecule has 0 radical (unpaired) electrons. The van der Waals surface area contributed by atoms with E-state index in [-0.39, 0.29) is 5.91 Å². The van der Waals surface area contributed by atoms with Crippen LogP contribution in [0.5, 0.6) is 5.75 Å². The first kappa shape index (κ1) is 29.1. The van der Waals surface area contributed by atoms with Gasteiger partial charge in [-0.2, -0.15) is 0 Å². The summed E-state index contributed by atoms with van der Waals surface area (Å²) in [4.78, 5) is 50.2. The Hall–Kier alpha value is -3.85. The second kappa shape index (κ2) is 13.0. The Morgan fingerprint density at radius 1 is 1.18 bits per heavy atom. The van der Waals surface area contributed by atoms with Crippen molar-refractivity contribution in [2.45, 2.75) is 38.2 Å². The lowest BCUT2D eigenvalue weighted by molar-refractivity contribution is -0.131. The van der Waals surface area contributed by atoms with Crippen LogP contribution in [0.4, 0.5) is 8.78 Å². The Morgan fingerprint density at radius 3 is 2.67 bits per heavy atom. The van der Waals surface area contributed by atoms with Crippen LogP contribution >= 0.6 is 0 Å². The number of hydrogen-bond acceptors (Lipinski definition) is 6. The number of nitrogens with one attached hydrogen (secondary N) is 1. The number of likely N-dealkylation sites (tertiary alicyclic amines) is 1. The van der Waals surface area contributed by atoms with Crippen molar-refractivity contribution in [3.63, 3.8) is 0 Å². The number of fused-ring (bicyclic) bond motifs is 1. The van der Waals surface area contributed by atoms with Crippen LogP contribution in [-0.2, 0) is 9.59 Å². The fourth-order valence-corrected chi connectivity index (χ4v) is 5.02. The molecule has 0 spiro atoms. The minimum absolute atomic E-state index is 0.122. The summed E-state index contributed by atoms with van der Waals surface area (Å²) in [6.07, 6.45) is 2.77. The molecule has 2 aliphatic rings. The smallest absolute Gasteiger partial charge is 0.297 e. The molecular formula is C28H35F2N6O4+. The van der Waals surface area contributed by atoms with E-state index in [0.29, 0.717) is 28.8 Å². The summed E-state index contributed by atoms with van der Waals surface area (Å²) in [7, 11) is 1.41. The molecule has 1 aromatic carbocycles. The Morgan fingerprint density at radius 2 is 1.95 bits per heavy atom. The molecule has 0 bridgehead atoms. The first-order valence-electron chi connectivity index (χ1n) is 13.5. The lowest BCUT2D eigenvalue weighted by Gasteiger charge is -2.34. The zero-order chi connectivity index (χ0) is 28.7. The predicted octanol–water partition coefficient (Wildman–Crippen LogP) is 2.49. The molecule has 3 amide bonds. The number of benzene rings is 1. The second-order valence-corrected chi connectivity index (χ2v) is 10.1. The van der Waals surface area contributed by atoms with E-state index in [0.717, 1.165) is 50.5 Å². The largest absolute Gasteiger partial charge is 0.494 e. The molecule has 4 rings (SSSR count). The summed E-state index contributed by atoms with van der Waals surface area (Å²) in [6, 6.07) is 8.44. The van der Waals surface area contributed by atoms with Gasteiger partial charge in [-0.05, 0) is 43.7 Å². The van der Waals surface area contributed by atoms with E-state index in [1.807, 2.05) is 4.90 Å². The number of unbranched alkanes of at least 4 members (excludes halogenated alkanes) is 1. The Bertz CT molecular complexity index is 1300. The fourth-order valence-electron chi connectivity index (χ4n) is 5.02. The third-order valence-corrected chi connectivity index (χ3v) is 7.18. The van der Waals surface area contributed by atoms with Gasteiger partial charge < -0.3 is 19.9 Å². The molecule has 2 aromatic rings. The maximum Gasteiger partial charge on any atom is 0.297 e. The predicted molar refractivity (Wildman–Crippen MR) is 146 cm³/mol. The van der Waals surface area contributed by atoms with Crippen LogP contribution in [0.2, 0.25) is 0 Å². The SMILES string of the molecule is C[N+]#C[C@H]1CC(F)(F)CN1C(=O)CNC(=O)c1ccnc2ccc(OCCCCN3CCN(C(C)=O)CC3)cc12. The number of ether oxygens (including phenoxy) is 1. The van der Waals surface area contributed by atoms with Crippen LogP contribution in [-0.4, -0.2) is 109 Å². The molecule has 0 unspecified atom stereocenters. The van der Waals surface area contributed by atoms with E-state index in [1.165, 1.54) is 13.2 Å². The molecule has 0 saturated carbocycles. The van der Waals surface area contributed by atoms with E-state index < -0.39 is 43.3 Å². The molecule has 1 N–H and O–H groups in total. The van der Waals surface area contributed by atoms with E-state index in [2.05, 4.69) is 26.1 Å². The zero-order valence-corrected chi connectivity index (χ0v) is 22.9. The maximum atomic E-state index is 13.9. The number of halogens is 2. The molecule has 2 aliphatic heterocycles. The highest BCUT2D eigenvalue weighted by atomic mass is 19.3. The first-order chi connectivity index (χ1) is 19.2. The standard InChI is InChI=1S/C28H34F2N6O4/c1-20(37)35-12-10-34(11-13-35)9-3-4-14-40-22-5-6-25-24(15-22)23(7-8-32-25)27(39)33-18-26(38)36-19-28(29,30)16-21(36)17-31-2/h5-8,15,21H,3-4,9-14,16,18-19H2,1-2H3/p+1/t21-/m1/s1. The van der Waals surface area contributed by atoms with Gasteiger partial charge >= 0.3 is 0 Å². The number of amides is 3. The van der Waals surface area contributed by atoms with E-state index >= 15 is 0 Å². The van der Waals surface area contributed by atoms with E-state index in [4.69, 9.17) is 4.74 Å². The van der Waals surface area contributed by atoms with Gasteiger partial charge in [-0.15, -0.1) is 0 Å². The van der Waals surface area contributed by atoms with Crippen LogP contribution in [0.3, 0.4) is 0 Å². The van der Waals surface area contributed by atoms with Gasteiger partial charge in [0.1, 0.15) is 5.75 Å². The molecule has 2 fully saturated rings.